The third kappa shape index (κ3) is 1.93. The van der Waals surface area contributed by atoms with Crippen LogP contribution in [0.4, 0.5) is 0 Å². The van der Waals surface area contributed by atoms with E-state index in [4.69, 9.17) is 0 Å². The first-order valence-corrected chi connectivity index (χ1v) is 6.31. The van der Waals surface area contributed by atoms with E-state index in [9.17, 15) is 0 Å². The number of hydrogen-bond acceptors (Lipinski definition) is 3. The zero-order valence-electron chi connectivity index (χ0n) is 10.4. The Hall–Kier alpha value is -1.42. The second-order valence-corrected chi connectivity index (χ2v) is 4.90. The van der Waals surface area contributed by atoms with Gasteiger partial charge in [0.05, 0.1) is 11.6 Å². The molecule has 4 nitrogen and oxygen atoms in total. The van der Waals surface area contributed by atoms with Crippen LogP contribution in [0.5, 0.6) is 0 Å². The number of imidazole rings is 1. The summed E-state index contributed by atoms with van der Waals surface area (Å²) >= 11 is 0. The van der Waals surface area contributed by atoms with E-state index in [0.29, 0.717) is 6.04 Å². The fourth-order valence-corrected chi connectivity index (χ4v) is 2.57. The van der Waals surface area contributed by atoms with Gasteiger partial charge in [-0.2, -0.15) is 0 Å². The zero-order valence-corrected chi connectivity index (χ0v) is 10.4. The molecule has 90 valence electrons. The van der Waals surface area contributed by atoms with Crippen molar-refractivity contribution in [1.82, 2.24) is 20.3 Å². The highest BCUT2D eigenvalue weighted by Crippen LogP contribution is 2.23. The third-order valence-corrected chi connectivity index (χ3v) is 3.45. The normalized spacial score (nSPS) is 20.9. The first kappa shape index (κ1) is 10.7. The van der Waals surface area contributed by atoms with Crippen molar-refractivity contribution in [3.63, 3.8) is 0 Å². The molecule has 0 radical (unpaired) electrons. The maximum absolute atomic E-state index is 4.63. The molecular weight excluding hydrogens is 212 g/mol. The van der Waals surface area contributed by atoms with Crippen molar-refractivity contribution in [1.29, 1.82) is 0 Å². The molecule has 1 atom stereocenters. The molecule has 0 amide bonds. The van der Waals surface area contributed by atoms with E-state index in [1.165, 1.54) is 18.4 Å². The van der Waals surface area contributed by atoms with Gasteiger partial charge in [-0.1, -0.05) is 6.42 Å². The van der Waals surface area contributed by atoms with Crippen molar-refractivity contribution in [2.45, 2.75) is 39.2 Å². The van der Waals surface area contributed by atoms with E-state index in [2.05, 4.69) is 33.3 Å². The number of fused-ring (bicyclic) bond motifs is 1. The molecule has 2 aromatic rings. The summed E-state index contributed by atoms with van der Waals surface area (Å²) < 4.78 is 0. The fraction of sp³-hybridized carbons (Fsp3) is 0.538. The van der Waals surface area contributed by atoms with Crippen LogP contribution >= 0.6 is 0 Å². The summed E-state index contributed by atoms with van der Waals surface area (Å²) in [5.41, 5.74) is 4.19. The summed E-state index contributed by atoms with van der Waals surface area (Å²) in [7, 11) is 0. The highest BCUT2D eigenvalue weighted by atomic mass is 15.1. The van der Waals surface area contributed by atoms with E-state index in [1.807, 2.05) is 6.92 Å². The van der Waals surface area contributed by atoms with Crippen molar-refractivity contribution in [3.8, 4) is 0 Å². The highest BCUT2D eigenvalue weighted by molar-refractivity contribution is 5.74. The maximum atomic E-state index is 4.63. The molecule has 0 aliphatic carbocycles. The van der Waals surface area contributed by atoms with Crippen LogP contribution in [-0.2, 0) is 0 Å². The van der Waals surface area contributed by atoms with E-state index in [-0.39, 0.29) is 0 Å². The lowest BCUT2D eigenvalue weighted by atomic mass is 10.0. The lowest BCUT2D eigenvalue weighted by Gasteiger charge is -2.21. The van der Waals surface area contributed by atoms with Crippen LogP contribution in [0.15, 0.2) is 6.07 Å². The van der Waals surface area contributed by atoms with Gasteiger partial charge >= 0.3 is 0 Å². The van der Waals surface area contributed by atoms with Crippen LogP contribution in [0.2, 0.25) is 0 Å². The molecule has 1 unspecified atom stereocenters. The number of aromatic nitrogens is 3. The SMILES string of the molecule is Cc1cc(C)c2[nH]c(C3CCCCN3)nc2n1. The molecule has 0 bridgehead atoms. The molecule has 0 aromatic carbocycles. The van der Waals surface area contributed by atoms with Crippen LogP contribution < -0.4 is 5.32 Å². The summed E-state index contributed by atoms with van der Waals surface area (Å²) in [5, 5.41) is 3.51. The second kappa shape index (κ2) is 4.11. The molecule has 17 heavy (non-hydrogen) atoms. The molecule has 1 aliphatic heterocycles. The van der Waals surface area contributed by atoms with Crippen LogP contribution in [0.3, 0.4) is 0 Å². The van der Waals surface area contributed by atoms with Crippen LogP contribution in [-0.4, -0.2) is 21.5 Å². The van der Waals surface area contributed by atoms with Crippen molar-refractivity contribution in [3.05, 3.63) is 23.1 Å². The molecule has 2 aromatic heterocycles. The Labute approximate surface area is 101 Å². The highest BCUT2D eigenvalue weighted by Gasteiger charge is 2.19. The minimum Gasteiger partial charge on any atom is -0.339 e. The number of rotatable bonds is 1. The van der Waals surface area contributed by atoms with Crippen LogP contribution in [0.25, 0.3) is 11.2 Å². The monoisotopic (exact) mass is 230 g/mol. The molecule has 1 saturated heterocycles. The number of hydrogen-bond donors (Lipinski definition) is 2. The van der Waals surface area contributed by atoms with Crippen molar-refractivity contribution < 1.29 is 0 Å². The number of aryl methyl sites for hydroxylation is 2. The Kier molecular flexibility index (Phi) is 2.59. The summed E-state index contributed by atoms with van der Waals surface area (Å²) in [4.78, 5) is 12.5. The predicted molar refractivity (Wildman–Crippen MR) is 68.0 cm³/mol. The Morgan fingerprint density at radius 1 is 1.24 bits per heavy atom. The predicted octanol–water partition coefficient (Wildman–Crippen LogP) is 2.39. The Morgan fingerprint density at radius 2 is 2.12 bits per heavy atom. The number of nitrogens with one attached hydrogen (secondary N) is 2. The van der Waals surface area contributed by atoms with Gasteiger partial charge in [0.2, 0.25) is 0 Å². The molecule has 2 N–H and O–H groups in total. The molecule has 1 aliphatic rings. The summed E-state index contributed by atoms with van der Waals surface area (Å²) in [6, 6.07) is 2.47. The lowest BCUT2D eigenvalue weighted by Crippen LogP contribution is -2.27. The van der Waals surface area contributed by atoms with Gasteiger partial charge in [0.1, 0.15) is 5.82 Å². The lowest BCUT2D eigenvalue weighted by molar-refractivity contribution is 0.400. The van der Waals surface area contributed by atoms with Gasteiger partial charge in [-0.05, 0) is 44.9 Å². The average molecular weight is 230 g/mol. The van der Waals surface area contributed by atoms with Gasteiger partial charge in [0.25, 0.3) is 0 Å². The smallest absolute Gasteiger partial charge is 0.178 e. The molecule has 3 heterocycles. The Bertz CT molecular complexity index is 538. The standard InChI is InChI=1S/C13H18N4/c1-8-7-9(2)15-13-11(8)16-12(17-13)10-5-3-4-6-14-10/h7,10,14H,3-6H2,1-2H3,(H,15,16,17). The first-order chi connectivity index (χ1) is 8.24. The van der Waals surface area contributed by atoms with Gasteiger partial charge in [-0.15, -0.1) is 0 Å². The molecule has 0 saturated carbocycles. The minimum absolute atomic E-state index is 0.373. The molecule has 0 spiro atoms. The van der Waals surface area contributed by atoms with Gasteiger partial charge in [0, 0.05) is 5.69 Å². The van der Waals surface area contributed by atoms with E-state index >= 15 is 0 Å². The number of pyridine rings is 1. The molecular formula is C13H18N4. The number of aromatic amines is 1. The topological polar surface area (TPSA) is 53.6 Å². The fourth-order valence-electron chi connectivity index (χ4n) is 2.57. The first-order valence-electron chi connectivity index (χ1n) is 6.31. The largest absolute Gasteiger partial charge is 0.339 e. The summed E-state index contributed by atoms with van der Waals surface area (Å²) in [6.45, 7) is 5.21. The van der Waals surface area contributed by atoms with Crippen LogP contribution in [0, 0.1) is 13.8 Å². The van der Waals surface area contributed by atoms with Gasteiger partial charge in [-0.25, -0.2) is 9.97 Å². The van der Waals surface area contributed by atoms with E-state index < -0.39 is 0 Å². The molecule has 3 rings (SSSR count). The zero-order chi connectivity index (χ0) is 11.8. The number of nitrogens with zero attached hydrogens (tertiary/aromatic N) is 2. The number of H-pyrrole nitrogens is 1. The van der Waals surface area contributed by atoms with Crippen molar-refractivity contribution in [2.75, 3.05) is 6.54 Å². The van der Waals surface area contributed by atoms with E-state index in [0.717, 1.165) is 35.6 Å². The maximum Gasteiger partial charge on any atom is 0.178 e. The Balaban J connectivity index is 2.03. The molecule has 1 fully saturated rings. The molecule has 4 heteroatoms. The van der Waals surface area contributed by atoms with Gasteiger partial charge in [-0.3, -0.25) is 0 Å². The average Bonchev–Trinajstić information content (AvgIpc) is 2.74. The minimum atomic E-state index is 0.373. The van der Waals surface area contributed by atoms with Gasteiger partial charge < -0.3 is 10.3 Å². The van der Waals surface area contributed by atoms with Crippen molar-refractivity contribution in [2.24, 2.45) is 0 Å². The number of piperidine rings is 1. The summed E-state index contributed by atoms with van der Waals surface area (Å²) in [5.74, 6) is 1.04. The van der Waals surface area contributed by atoms with Crippen LogP contribution in [0.1, 0.15) is 42.4 Å². The van der Waals surface area contributed by atoms with Crippen molar-refractivity contribution >= 4 is 11.2 Å². The quantitative estimate of drug-likeness (QED) is 0.791. The van der Waals surface area contributed by atoms with E-state index in [1.54, 1.807) is 0 Å². The Morgan fingerprint density at radius 3 is 2.88 bits per heavy atom. The third-order valence-electron chi connectivity index (χ3n) is 3.45. The van der Waals surface area contributed by atoms with Gasteiger partial charge in [0.15, 0.2) is 5.65 Å². The summed E-state index contributed by atoms with van der Waals surface area (Å²) in [6.07, 6.45) is 3.71. The second-order valence-electron chi connectivity index (χ2n) is 4.90.